The van der Waals surface area contributed by atoms with Crippen molar-refractivity contribution in [1.29, 1.82) is 0 Å². The van der Waals surface area contributed by atoms with Crippen LogP contribution >= 0.6 is 0 Å². The normalized spacial score (nSPS) is 20.5. The van der Waals surface area contributed by atoms with Gasteiger partial charge in [0.05, 0.1) is 0 Å². The first-order valence-corrected chi connectivity index (χ1v) is 4.61. The number of aryl methyl sites for hydroxylation is 1. The van der Waals surface area contributed by atoms with Crippen LogP contribution in [-0.2, 0) is 11.2 Å². The predicted octanol–water partition coefficient (Wildman–Crippen LogP) is 2.47. The van der Waals surface area contributed by atoms with Crippen LogP contribution in [0.3, 0.4) is 0 Å². The molecule has 0 bridgehead atoms. The van der Waals surface area contributed by atoms with E-state index in [4.69, 9.17) is 0 Å². The highest BCUT2D eigenvalue weighted by atomic mass is 16.1. The minimum atomic E-state index is 0.460. The molecule has 1 nitrogen and oxygen atoms in total. The lowest BCUT2D eigenvalue weighted by atomic mass is 10.0. The summed E-state index contributed by atoms with van der Waals surface area (Å²) in [7, 11) is 0. The first kappa shape index (κ1) is 8.24. The molecule has 1 aromatic carbocycles. The molecular weight excluding hydrogens is 160 g/mol. The number of hydrogen-bond acceptors (Lipinski definition) is 1. The molecule has 13 heavy (non-hydrogen) atoms. The summed E-state index contributed by atoms with van der Waals surface area (Å²) in [6.45, 7) is 0. The third-order valence-electron chi connectivity index (χ3n) is 2.60. The van der Waals surface area contributed by atoms with Crippen LogP contribution in [0, 0.1) is 0 Å². The fourth-order valence-electron chi connectivity index (χ4n) is 1.97. The summed E-state index contributed by atoms with van der Waals surface area (Å²) in [6.07, 6.45) is 6.74. The Kier molecular flexibility index (Phi) is 2.26. The van der Waals surface area contributed by atoms with Crippen LogP contribution in [-0.4, -0.2) is 6.29 Å². The van der Waals surface area contributed by atoms with Crippen molar-refractivity contribution in [3.05, 3.63) is 47.5 Å². The smallest absolute Gasteiger partial charge is 0.142 e. The average Bonchev–Trinajstić information content (AvgIpc) is 2.58. The Labute approximate surface area is 78.1 Å². The van der Waals surface area contributed by atoms with Gasteiger partial charge in [0.2, 0.25) is 0 Å². The summed E-state index contributed by atoms with van der Waals surface area (Å²) in [4.78, 5) is 10.2. The van der Waals surface area contributed by atoms with Gasteiger partial charge in [-0.3, -0.25) is 4.79 Å². The lowest BCUT2D eigenvalue weighted by molar-refractivity contribution is -0.104. The molecule has 0 spiro atoms. The van der Waals surface area contributed by atoms with Crippen molar-refractivity contribution in [3.8, 4) is 0 Å². The highest BCUT2D eigenvalue weighted by molar-refractivity contribution is 5.65. The molecule has 0 heterocycles. The number of fused-ring (bicyclic) bond motifs is 1. The lowest BCUT2D eigenvalue weighted by Gasteiger charge is -2.03. The van der Waals surface area contributed by atoms with E-state index in [1.807, 2.05) is 6.08 Å². The van der Waals surface area contributed by atoms with Crippen molar-refractivity contribution in [3.63, 3.8) is 0 Å². The quantitative estimate of drug-likeness (QED) is 0.494. The third kappa shape index (κ3) is 1.55. The largest absolute Gasteiger partial charge is 0.299 e. The van der Waals surface area contributed by atoms with E-state index in [1.165, 1.54) is 11.1 Å². The second-order valence-electron chi connectivity index (χ2n) is 3.36. The van der Waals surface area contributed by atoms with Crippen LogP contribution in [0.1, 0.15) is 23.5 Å². The summed E-state index contributed by atoms with van der Waals surface area (Å²) < 4.78 is 0. The molecule has 0 saturated carbocycles. The van der Waals surface area contributed by atoms with Gasteiger partial charge in [-0.15, -0.1) is 0 Å². The molecule has 0 saturated heterocycles. The average molecular weight is 172 g/mol. The summed E-state index contributed by atoms with van der Waals surface area (Å²) in [6, 6.07) is 8.46. The summed E-state index contributed by atoms with van der Waals surface area (Å²) in [5, 5.41) is 0. The van der Waals surface area contributed by atoms with E-state index >= 15 is 0 Å². The van der Waals surface area contributed by atoms with Gasteiger partial charge in [-0.25, -0.2) is 0 Å². The maximum absolute atomic E-state index is 10.2. The molecule has 1 aliphatic rings. The highest BCUT2D eigenvalue weighted by Gasteiger charge is 2.18. The van der Waals surface area contributed by atoms with E-state index in [2.05, 4.69) is 24.3 Å². The number of aldehydes is 1. The van der Waals surface area contributed by atoms with Gasteiger partial charge in [0, 0.05) is 5.92 Å². The van der Waals surface area contributed by atoms with Crippen LogP contribution in [0.4, 0.5) is 0 Å². The second-order valence-corrected chi connectivity index (χ2v) is 3.36. The first-order valence-electron chi connectivity index (χ1n) is 4.61. The van der Waals surface area contributed by atoms with Gasteiger partial charge in [0.25, 0.3) is 0 Å². The monoisotopic (exact) mass is 172 g/mol. The van der Waals surface area contributed by atoms with E-state index in [-0.39, 0.29) is 0 Å². The molecule has 1 aromatic rings. The van der Waals surface area contributed by atoms with Crippen molar-refractivity contribution in [1.82, 2.24) is 0 Å². The Balaban J connectivity index is 2.28. The Bertz CT molecular complexity index is 339. The van der Waals surface area contributed by atoms with Crippen LogP contribution in [0.15, 0.2) is 36.4 Å². The molecule has 2 rings (SSSR count). The highest BCUT2D eigenvalue weighted by Crippen LogP contribution is 2.33. The molecule has 0 fully saturated rings. The molecule has 0 aromatic heterocycles. The molecule has 66 valence electrons. The predicted molar refractivity (Wildman–Crippen MR) is 52.7 cm³/mol. The molecular formula is C12H12O. The lowest BCUT2D eigenvalue weighted by Crippen LogP contribution is -1.87. The van der Waals surface area contributed by atoms with Gasteiger partial charge < -0.3 is 0 Å². The fourth-order valence-corrected chi connectivity index (χ4v) is 1.97. The minimum absolute atomic E-state index is 0.460. The topological polar surface area (TPSA) is 17.1 Å². The standard InChI is InChI=1S/C12H12O/c13-9-3-5-11-8-7-10-4-1-2-6-12(10)11/h1-6,9,11H,7-8H2/b5-3+. The maximum atomic E-state index is 10.2. The van der Waals surface area contributed by atoms with Gasteiger partial charge in [0.1, 0.15) is 6.29 Å². The molecule has 0 aliphatic heterocycles. The molecule has 1 unspecified atom stereocenters. The fraction of sp³-hybridized carbons (Fsp3) is 0.250. The summed E-state index contributed by atoms with van der Waals surface area (Å²) >= 11 is 0. The SMILES string of the molecule is O=C/C=C/C1CCc2ccccc21. The van der Waals surface area contributed by atoms with Crippen LogP contribution < -0.4 is 0 Å². The molecule has 1 heteroatoms. The molecule has 1 aliphatic carbocycles. The number of allylic oxidation sites excluding steroid dienone is 2. The zero-order chi connectivity index (χ0) is 9.10. The Hall–Kier alpha value is -1.37. The van der Waals surface area contributed by atoms with E-state index in [9.17, 15) is 4.79 Å². The van der Waals surface area contributed by atoms with E-state index < -0.39 is 0 Å². The van der Waals surface area contributed by atoms with Crippen LogP contribution in [0.2, 0.25) is 0 Å². The van der Waals surface area contributed by atoms with E-state index in [1.54, 1.807) is 6.08 Å². The Morgan fingerprint density at radius 1 is 1.31 bits per heavy atom. The number of hydrogen-bond donors (Lipinski definition) is 0. The van der Waals surface area contributed by atoms with Crippen molar-refractivity contribution in [2.45, 2.75) is 18.8 Å². The Morgan fingerprint density at radius 2 is 2.15 bits per heavy atom. The molecule has 0 amide bonds. The number of carbonyl (C=O) groups excluding carboxylic acids is 1. The minimum Gasteiger partial charge on any atom is -0.299 e. The van der Waals surface area contributed by atoms with Gasteiger partial charge in [-0.1, -0.05) is 30.3 Å². The number of rotatable bonds is 2. The second kappa shape index (κ2) is 3.56. The van der Waals surface area contributed by atoms with Gasteiger partial charge >= 0.3 is 0 Å². The zero-order valence-electron chi connectivity index (χ0n) is 7.44. The molecule has 0 radical (unpaired) electrons. The Morgan fingerprint density at radius 3 is 3.00 bits per heavy atom. The molecule has 0 N–H and O–H groups in total. The van der Waals surface area contributed by atoms with Gasteiger partial charge in [0.15, 0.2) is 0 Å². The van der Waals surface area contributed by atoms with Crippen LogP contribution in [0.25, 0.3) is 0 Å². The van der Waals surface area contributed by atoms with Crippen molar-refractivity contribution >= 4 is 6.29 Å². The van der Waals surface area contributed by atoms with Crippen molar-refractivity contribution in [2.24, 2.45) is 0 Å². The maximum Gasteiger partial charge on any atom is 0.142 e. The van der Waals surface area contributed by atoms with Gasteiger partial charge in [-0.05, 0) is 30.0 Å². The number of benzene rings is 1. The van der Waals surface area contributed by atoms with E-state index in [0.717, 1.165) is 19.1 Å². The summed E-state index contributed by atoms with van der Waals surface area (Å²) in [5.74, 6) is 0.460. The third-order valence-corrected chi connectivity index (χ3v) is 2.60. The molecule has 1 atom stereocenters. The van der Waals surface area contributed by atoms with E-state index in [0.29, 0.717) is 5.92 Å². The first-order chi connectivity index (χ1) is 6.42. The summed E-state index contributed by atoms with van der Waals surface area (Å²) in [5.41, 5.74) is 2.82. The van der Waals surface area contributed by atoms with Crippen LogP contribution in [0.5, 0.6) is 0 Å². The van der Waals surface area contributed by atoms with Crippen molar-refractivity contribution < 1.29 is 4.79 Å². The number of carbonyl (C=O) groups is 1. The zero-order valence-corrected chi connectivity index (χ0v) is 7.44. The van der Waals surface area contributed by atoms with Crippen molar-refractivity contribution in [2.75, 3.05) is 0 Å². The van der Waals surface area contributed by atoms with Gasteiger partial charge in [-0.2, -0.15) is 0 Å².